The zero-order chi connectivity index (χ0) is 8.39. The Balaban J connectivity index is 2.45. The van der Waals surface area contributed by atoms with Crippen LogP contribution < -0.4 is 5.73 Å². The van der Waals surface area contributed by atoms with Gasteiger partial charge in [-0.3, -0.25) is 9.97 Å². The van der Waals surface area contributed by atoms with Gasteiger partial charge in [-0.15, -0.1) is 0 Å². The molecule has 0 aliphatic heterocycles. The maximum absolute atomic E-state index is 5.48. The molecule has 2 aromatic heterocycles. The number of hydrogen-bond acceptors (Lipinski definition) is 5. The minimum Gasteiger partial charge on any atom is -0.375 e. The van der Waals surface area contributed by atoms with Gasteiger partial charge in [0.25, 0.3) is 0 Å². The zero-order valence-electron chi connectivity index (χ0n) is 6.14. The van der Waals surface area contributed by atoms with Crippen molar-refractivity contribution in [2.45, 2.75) is 0 Å². The number of nitrogens with two attached hydrogens (primary N) is 1. The molecule has 0 fully saturated rings. The van der Waals surface area contributed by atoms with Crippen molar-refractivity contribution < 1.29 is 0 Å². The van der Waals surface area contributed by atoms with E-state index in [0.29, 0.717) is 5.13 Å². The summed E-state index contributed by atoms with van der Waals surface area (Å²) in [5, 5.41) is 0.552. The van der Waals surface area contributed by atoms with Crippen LogP contribution in [-0.4, -0.2) is 15.0 Å². The number of nitrogen functional groups attached to an aromatic ring is 1. The Morgan fingerprint density at radius 2 is 2.08 bits per heavy atom. The Labute approximate surface area is 73.1 Å². The lowest BCUT2D eigenvalue weighted by Gasteiger charge is -1.90. The van der Waals surface area contributed by atoms with Crippen LogP contribution in [0.25, 0.3) is 10.6 Å². The van der Waals surface area contributed by atoms with E-state index in [-0.39, 0.29) is 0 Å². The minimum atomic E-state index is 0.552. The molecule has 0 saturated carbocycles. The predicted molar refractivity (Wildman–Crippen MR) is 47.6 cm³/mol. The van der Waals surface area contributed by atoms with Gasteiger partial charge in [-0.25, -0.2) is 4.98 Å². The van der Waals surface area contributed by atoms with E-state index < -0.39 is 0 Å². The van der Waals surface area contributed by atoms with Crippen molar-refractivity contribution >= 4 is 16.5 Å². The zero-order valence-corrected chi connectivity index (χ0v) is 6.95. The molecule has 0 aromatic carbocycles. The summed E-state index contributed by atoms with van der Waals surface area (Å²) >= 11 is 1.40. The number of nitrogens with zero attached hydrogens (tertiary/aromatic N) is 3. The first-order valence-corrected chi connectivity index (χ1v) is 4.15. The molecule has 4 nitrogen and oxygen atoms in total. The van der Waals surface area contributed by atoms with Gasteiger partial charge in [-0.1, -0.05) is 11.3 Å². The highest BCUT2D eigenvalue weighted by Gasteiger charge is 2.01. The number of hydrogen-bond donors (Lipinski definition) is 1. The van der Waals surface area contributed by atoms with Crippen LogP contribution in [0.4, 0.5) is 5.13 Å². The first kappa shape index (κ1) is 7.17. The van der Waals surface area contributed by atoms with E-state index in [1.165, 1.54) is 11.3 Å². The number of rotatable bonds is 1. The number of thiazole rings is 1. The van der Waals surface area contributed by atoms with E-state index in [1.807, 2.05) is 0 Å². The molecule has 60 valence electrons. The molecule has 0 aliphatic carbocycles. The summed E-state index contributed by atoms with van der Waals surface area (Å²) in [5.74, 6) is 0. The van der Waals surface area contributed by atoms with Crippen LogP contribution in [0.5, 0.6) is 0 Å². The molecule has 2 N–H and O–H groups in total. The maximum atomic E-state index is 5.48. The van der Waals surface area contributed by atoms with Gasteiger partial charge in [-0.2, -0.15) is 0 Å². The summed E-state index contributed by atoms with van der Waals surface area (Å²) in [6, 6.07) is 0. The SMILES string of the molecule is Nc1ncc(-c2cnccn2)s1. The fourth-order valence-corrected chi connectivity index (χ4v) is 1.48. The Hall–Kier alpha value is -1.49. The maximum Gasteiger partial charge on any atom is 0.180 e. The van der Waals surface area contributed by atoms with Crippen molar-refractivity contribution in [1.29, 1.82) is 0 Å². The van der Waals surface area contributed by atoms with Gasteiger partial charge in [0.1, 0.15) is 5.69 Å². The smallest absolute Gasteiger partial charge is 0.180 e. The highest BCUT2D eigenvalue weighted by Crippen LogP contribution is 2.24. The standard InChI is InChI=1S/C7H6N4S/c8-7-11-4-6(12-7)5-3-9-1-2-10-5/h1-4H,(H2,8,11). The second-order valence-electron chi connectivity index (χ2n) is 2.15. The van der Waals surface area contributed by atoms with E-state index in [1.54, 1.807) is 24.8 Å². The molecular formula is C7H6N4S. The molecule has 2 aromatic rings. The predicted octanol–water partition coefficient (Wildman–Crippen LogP) is 1.18. The lowest BCUT2D eigenvalue weighted by atomic mass is 10.4. The summed E-state index contributed by atoms with van der Waals surface area (Å²) < 4.78 is 0. The highest BCUT2D eigenvalue weighted by atomic mass is 32.1. The summed E-state index contributed by atoms with van der Waals surface area (Å²) in [6.07, 6.45) is 6.66. The Bertz CT molecular complexity index is 370. The molecule has 0 atom stereocenters. The topological polar surface area (TPSA) is 64.7 Å². The van der Waals surface area contributed by atoms with Gasteiger partial charge in [0.05, 0.1) is 11.1 Å². The molecule has 5 heteroatoms. The molecule has 0 radical (unpaired) electrons. The third kappa shape index (κ3) is 1.26. The Morgan fingerprint density at radius 3 is 2.67 bits per heavy atom. The van der Waals surface area contributed by atoms with Crippen LogP contribution in [0.3, 0.4) is 0 Å². The fraction of sp³-hybridized carbons (Fsp3) is 0. The van der Waals surface area contributed by atoms with Gasteiger partial charge >= 0.3 is 0 Å². The highest BCUT2D eigenvalue weighted by molar-refractivity contribution is 7.18. The molecule has 0 aliphatic rings. The van der Waals surface area contributed by atoms with Gasteiger partial charge in [0.2, 0.25) is 0 Å². The van der Waals surface area contributed by atoms with Crippen molar-refractivity contribution in [3.8, 4) is 10.6 Å². The summed E-state index contributed by atoms with van der Waals surface area (Å²) in [6.45, 7) is 0. The van der Waals surface area contributed by atoms with Crippen LogP contribution in [-0.2, 0) is 0 Å². The average Bonchev–Trinajstić information content (AvgIpc) is 2.54. The molecule has 2 heterocycles. The Morgan fingerprint density at radius 1 is 1.17 bits per heavy atom. The van der Waals surface area contributed by atoms with Crippen LogP contribution in [0.1, 0.15) is 0 Å². The third-order valence-corrected chi connectivity index (χ3v) is 2.19. The molecule has 0 unspecified atom stereocenters. The van der Waals surface area contributed by atoms with Gasteiger partial charge in [0, 0.05) is 18.6 Å². The third-order valence-electron chi connectivity index (χ3n) is 1.34. The lowest BCUT2D eigenvalue weighted by molar-refractivity contribution is 1.21. The molecule has 0 spiro atoms. The molecule has 12 heavy (non-hydrogen) atoms. The second kappa shape index (κ2) is 2.86. The average molecular weight is 178 g/mol. The molecular weight excluding hydrogens is 172 g/mol. The normalized spacial score (nSPS) is 10.0. The first-order chi connectivity index (χ1) is 5.86. The van der Waals surface area contributed by atoms with E-state index in [2.05, 4.69) is 15.0 Å². The first-order valence-electron chi connectivity index (χ1n) is 3.34. The van der Waals surface area contributed by atoms with E-state index in [4.69, 9.17) is 5.73 Å². The minimum absolute atomic E-state index is 0.552. The second-order valence-corrected chi connectivity index (χ2v) is 3.22. The van der Waals surface area contributed by atoms with Crippen LogP contribution in [0.2, 0.25) is 0 Å². The lowest BCUT2D eigenvalue weighted by Crippen LogP contribution is -1.79. The van der Waals surface area contributed by atoms with Crippen molar-refractivity contribution in [3.05, 3.63) is 24.8 Å². The fourth-order valence-electron chi connectivity index (χ4n) is 0.832. The number of anilines is 1. The molecule has 2 rings (SSSR count). The van der Waals surface area contributed by atoms with Crippen molar-refractivity contribution in [1.82, 2.24) is 15.0 Å². The molecule has 0 saturated heterocycles. The van der Waals surface area contributed by atoms with Gasteiger partial charge in [-0.05, 0) is 0 Å². The monoisotopic (exact) mass is 178 g/mol. The largest absolute Gasteiger partial charge is 0.375 e. The van der Waals surface area contributed by atoms with Crippen LogP contribution >= 0.6 is 11.3 Å². The van der Waals surface area contributed by atoms with Gasteiger partial charge < -0.3 is 5.73 Å². The molecule has 0 bridgehead atoms. The van der Waals surface area contributed by atoms with Crippen LogP contribution in [0.15, 0.2) is 24.8 Å². The van der Waals surface area contributed by atoms with Gasteiger partial charge in [0.15, 0.2) is 5.13 Å². The summed E-state index contributed by atoms with van der Waals surface area (Å²) in [5.41, 5.74) is 6.29. The Kier molecular flexibility index (Phi) is 1.71. The van der Waals surface area contributed by atoms with E-state index in [0.717, 1.165) is 10.6 Å². The van der Waals surface area contributed by atoms with Crippen molar-refractivity contribution in [2.24, 2.45) is 0 Å². The van der Waals surface area contributed by atoms with Crippen molar-refractivity contribution in [2.75, 3.05) is 5.73 Å². The van der Waals surface area contributed by atoms with E-state index >= 15 is 0 Å². The summed E-state index contributed by atoms with van der Waals surface area (Å²) in [7, 11) is 0. The van der Waals surface area contributed by atoms with Crippen molar-refractivity contribution in [3.63, 3.8) is 0 Å². The summed E-state index contributed by atoms with van der Waals surface area (Å²) in [4.78, 5) is 12.9. The van der Waals surface area contributed by atoms with Crippen LogP contribution in [0, 0.1) is 0 Å². The van der Waals surface area contributed by atoms with E-state index in [9.17, 15) is 0 Å². The molecule has 0 amide bonds. The number of aromatic nitrogens is 3. The quantitative estimate of drug-likeness (QED) is 0.712.